The molecule has 0 aromatic heterocycles. The van der Waals surface area contributed by atoms with Crippen LogP contribution in [0.3, 0.4) is 0 Å². The van der Waals surface area contributed by atoms with Crippen LogP contribution in [0.4, 0.5) is 4.39 Å². The van der Waals surface area contributed by atoms with Crippen LogP contribution in [0.25, 0.3) is 0 Å². The molecule has 1 fully saturated rings. The molecule has 3 N–H and O–H groups in total. The first-order chi connectivity index (χ1) is 13.5. The zero-order valence-corrected chi connectivity index (χ0v) is 19.7. The highest BCUT2D eigenvalue weighted by Crippen LogP contribution is 2.17. The number of hydrogen-bond acceptors (Lipinski definition) is 4. The van der Waals surface area contributed by atoms with Gasteiger partial charge >= 0.3 is 0 Å². The number of nitrogens with one attached hydrogen (secondary N) is 3. The molecule has 1 saturated heterocycles. The van der Waals surface area contributed by atoms with Gasteiger partial charge in [-0.05, 0) is 37.5 Å². The molecule has 0 saturated carbocycles. The lowest BCUT2D eigenvalue weighted by atomic mass is 10.1. The van der Waals surface area contributed by atoms with E-state index in [0.717, 1.165) is 44.0 Å². The average Bonchev–Trinajstić information content (AvgIpc) is 2.71. The largest absolute Gasteiger partial charge is 0.375 e. The van der Waals surface area contributed by atoms with E-state index < -0.39 is 0 Å². The van der Waals surface area contributed by atoms with E-state index in [0.29, 0.717) is 19.1 Å². The van der Waals surface area contributed by atoms with Gasteiger partial charge in [0.05, 0.1) is 13.1 Å². The Labute approximate surface area is 189 Å². The predicted molar refractivity (Wildman–Crippen MR) is 124 cm³/mol. The summed E-state index contributed by atoms with van der Waals surface area (Å²) in [6, 6.07) is 6.62. The predicted octanol–water partition coefficient (Wildman–Crippen LogP) is 1.90. The molecule has 1 aromatic carbocycles. The van der Waals surface area contributed by atoms with Crippen molar-refractivity contribution in [3.05, 3.63) is 35.6 Å². The number of likely N-dealkylation sites (tertiary alicyclic amines) is 1. The number of hydrogen-bond donors (Lipinski definition) is 3. The van der Waals surface area contributed by atoms with Crippen LogP contribution in [-0.2, 0) is 9.53 Å². The molecule has 0 spiro atoms. The second-order valence-electron chi connectivity index (χ2n) is 6.86. The van der Waals surface area contributed by atoms with Crippen LogP contribution in [0, 0.1) is 5.82 Å². The summed E-state index contributed by atoms with van der Waals surface area (Å²) in [7, 11) is 3.29. The zero-order chi connectivity index (χ0) is 20.4. The Morgan fingerprint density at radius 2 is 1.97 bits per heavy atom. The second kappa shape index (κ2) is 13.7. The Kier molecular flexibility index (Phi) is 12.1. The number of aliphatic imine (C=N–C) groups is 1. The van der Waals surface area contributed by atoms with Gasteiger partial charge in [-0.2, -0.15) is 0 Å². The van der Waals surface area contributed by atoms with Crippen molar-refractivity contribution >= 4 is 35.8 Å². The van der Waals surface area contributed by atoms with Crippen LogP contribution in [0.15, 0.2) is 29.3 Å². The maximum atomic E-state index is 13.1. The SMILES string of the molecule is CCNC(=NCC(OC)c1ccc(F)cc1)NC1CCN(CC(=O)NC)CC1.I. The summed E-state index contributed by atoms with van der Waals surface area (Å²) >= 11 is 0. The molecule has 1 aromatic rings. The van der Waals surface area contributed by atoms with E-state index in [-0.39, 0.29) is 41.8 Å². The van der Waals surface area contributed by atoms with Gasteiger partial charge in [-0.25, -0.2) is 4.39 Å². The molecular weight excluding hydrogens is 488 g/mol. The van der Waals surface area contributed by atoms with E-state index in [4.69, 9.17) is 4.74 Å². The Morgan fingerprint density at radius 3 is 2.52 bits per heavy atom. The summed E-state index contributed by atoms with van der Waals surface area (Å²) in [6.45, 7) is 5.42. The fraction of sp³-hybridized carbons (Fsp3) is 0.600. The number of carbonyl (C=O) groups is 1. The molecule has 1 aliphatic rings. The van der Waals surface area contributed by atoms with Crippen LogP contribution < -0.4 is 16.0 Å². The highest BCUT2D eigenvalue weighted by atomic mass is 127. The number of methoxy groups -OCH3 is 1. The highest BCUT2D eigenvalue weighted by molar-refractivity contribution is 14.0. The number of nitrogens with zero attached hydrogens (tertiary/aromatic N) is 2. The van der Waals surface area contributed by atoms with Crippen molar-refractivity contribution in [3.8, 4) is 0 Å². The van der Waals surface area contributed by atoms with E-state index >= 15 is 0 Å². The highest BCUT2D eigenvalue weighted by Gasteiger charge is 2.21. The van der Waals surface area contributed by atoms with Crippen LogP contribution in [0.1, 0.15) is 31.4 Å². The molecule has 9 heteroatoms. The van der Waals surface area contributed by atoms with Gasteiger partial charge in [0.1, 0.15) is 11.9 Å². The number of guanidine groups is 1. The number of ether oxygens (including phenoxy) is 1. The Bertz CT molecular complexity index is 636. The Morgan fingerprint density at radius 1 is 1.31 bits per heavy atom. The van der Waals surface area contributed by atoms with Crippen molar-refractivity contribution in [1.29, 1.82) is 0 Å². The normalized spacial score (nSPS) is 16.6. The van der Waals surface area contributed by atoms with Gasteiger partial charge in [-0.15, -0.1) is 24.0 Å². The smallest absolute Gasteiger partial charge is 0.233 e. The maximum absolute atomic E-state index is 13.1. The minimum atomic E-state index is -0.264. The van der Waals surface area contributed by atoms with Crippen LogP contribution >= 0.6 is 24.0 Å². The fourth-order valence-corrected chi connectivity index (χ4v) is 3.20. The lowest BCUT2D eigenvalue weighted by Crippen LogP contribution is -2.50. The number of likely N-dealkylation sites (N-methyl/N-ethyl adjacent to an activating group) is 1. The molecule has 0 aliphatic carbocycles. The number of piperidine rings is 1. The summed E-state index contributed by atoms with van der Waals surface area (Å²) < 4.78 is 18.7. The number of amides is 1. The van der Waals surface area contributed by atoms with Crippen molar-refractivity contribution in [2.45, 2.75) is 31.9 Å². The Balaban J connectivity index is 0.00000420. The van der Waals surface area contributed by atoms with Crippen molar-refractivity contribution in [3.63, 3.8) is 0 Å². The molecule has 0 radical (unpaired) electrons. The fourth-order valence-electron chi connectivity index (χ4n) is 3.20. The monoisotopic (exact) mass is 521 g/mol. The van der Waals surface area contributed by atoms with Gasteiger partial charge in [-0.3, -0.25) is 14.7 Å². The first-order valence-electron chi connectivity index (χ1n) is 9.81. The van der Waals surface area contributed by atoms with E-state index in [1.807, 2.05) is 6.92 Å². The first-order valence-corrected chi connectivity index (χ1v) is 9.81. The van der Waals surface area contributed by atoms with E-state index in [2.05, 4.69) is 25.8 Å². The number of carbonyl (C=O) groups excluding carboxylic acids is 1. The average molecular weight is 521 g/mol. The molecule has 1 aliphatic heterocycles. The third-order valence-electron chi connectivity index (χ3n) is 4.86. The van der Waals surface area contributed by atoms with Crippen molar-refractivity contribution in [1.82, 2.24) is 20.9 Å². The van der Waals surface area contributed by atoms with Gasteiger partial charge in [0.2, 0.25) is 5.91 Å². The van der Waals surface area contributed by atoms with E-state index in [1.54, 1.807) is 26.3 Å². The summed E-state index contributed by atoms with van der Waals surface area (Å²) in [5.41, 5.74) is 0.894. The Hall–Kier alpha value is -1.46. The lowest BCUT2D eigenvalue weighted by Gasteiger charge is -2.32. The first kappa shape index (κ1) is 25.6. The molecule has 164 valence electrons. The molecule has 1 amide bonds. The van der Waals surface area contributed by atoms with E-state index in [1.165, 1.54) is 12.1 Å². The second-order valence-corrected chi connectivity index (χ2v) is 6.86. The summed E-state index contributed by atoms with van der Waals surface area (Å²) in [5, 5.41) is 9.41. The third-order valence-corrected chi connectivity index (χ3v) is 4.86. The molecule has 7 nitrogen and oxygen atoms in total. The topological polar surface area (TPSA) is 78.0 Å². The molecule has 1 unspecified atom stereocenters. The summed E-state index contributed by atoms with van der Waals surface area (Å²) in [5.74, 6) is 0.531. The van der Waals surface area contributed by atoms with Crippen LogP contribution in [0.2, 0.25) is 0 Å². The van der Waals surface area contributed by atoms with Crippen molar-refractivity contribution in [2.75, 3.05) is 46.9 Å². The standard InChI is InChI=1S/C20H32FN5O2.HI/c1-4-23-20(24-13-18(28-3)15-5-7-16(21)8-6-15)25-17-9-11-26(12-10-17)14-19(27)22-2;/h5-8,17-18H,4,9-14H2,1-3H3,(H,22,27)(H2,23,24,25);1H. The quantitative estimate of drug-likeness (QED) is 0.277. The van der Waals surface area contributed by atoms with Crippen LogP contribution in [0.5, 0.6) is 0 Å². The van der Waals surface area contributed by atoms with Gasteiger partial charge in [0.25, 0.3) is 0 Å². The molecular formula is C20H33FIN5O2. The van der Waals surface area contributed by atoms with Gasteiger partial charge in [0.15, 0.2) is 5.96 Å². The van der Waals surface area contributed by atoms with Gasteiger partial charge in [0, 0.05) is 39.8 Å². The molecule has 1 heterocycles. The number of rotatable bonds is 8. The number of benzene rings is 1. The number of halogens is 2. The zero-order valence-electron chi connectivity index (χ0n) is 17.4. The minimum absolute atomic E-state index is 0. The minimum Gasteiger partial charge on any atom is -0.375 e. The third kappa shape index (κ3) is 8.83. The van der Waals surface area contributed by atoms with Gasteiger partial charge < -0.3 is 20.7 Å². The van der Waals surface area contributed by atoms with E-state index in [9.17, 15) is 9.18 Å². The van der Waals surface area contributed by atoms with Crippen LogP contribution in [-0.4, -0.2) is 69.7 Å². The maximum Gasteiger partial charge on any atom is 0.233 e. The lowest BCUT2D eigenvalue weighted by molar-refractivity contribution is -0.122. The van der Waals surface area contributed by atoms with Gasteiger partial charge in [-0.1, -0.05) is 12.1 Å². The molecule has 1 atom stereocenters. The summed E-state index contributed by atoms with van der Waals surface area (Å²) in [4.78, 5) is 18.3. The molecule has 0 bridgehead atoms. The summed E-state index contributed by atoms with van der Waals surface area (Å²) in [6.07, 6.45) is 1.67. The van der Waals surface area contributed by atoms with Crippen molar-refractivity contribution < 1.29 is 13.9 Å². The molecule has 29 heavy (non-hydrogen) atoms. The van der Waals surface area contributed by atoms with Crippen molar-refractivity contribution in [2.24, 2.45) is 4.99 Å². The molecule has 2 rings (SSSR count).